The lowest BCUT2D eigenvalue weighted by Gasteiger charge is -2.28. The summed E-state index contributed by atoms with van der Waals surface area (Å²) in [6.45, 7) is 9.42. The van der Waals surface area contributed by atoms with Gasteiger partial charge in [0.1, 0.15) is 11.5 Å². The maximum atomic E-state index is 13.6. The number of ether oxygens (including phenoxy) is 6. The van der Waals surface area contributed by atoms with Crippen LogP contribution in [0.5, 0.6) is 11.5 Å². The van der Waals surface area contributed by atoms with Crippen LogP contribution in [-0.2, 0) is 31.8 Å². The van der Waals surface area contributed by atoms with Crippen molar-refractivity contribution in [3.63, 3.8) is 0 Å². The molecule has 2 heterocycles. The first-order chi connectivity index (χ1) is 30.0. The fraction of sp³-hybridized carbons (Fsp3) is 0.735. The molecule has 2 unspecified atom stereocenters. The van der Waals surface area contributed by atoms with Crippen molar-refractivity contribution in [2.45, 2.75) is 218 Å². The Morgan fingerprint density at radius 1 is 0.548 bits per heavy atom. The second kappa shape index (κ2) is 27.5. The van der Waals surface area contributed by atoms with Crippen molar-refractivity contribution in [3.05, 3.63) is 67.8 Å². The van der Waals surface area contributed by atoms with Gasteiger partial charge in [-0.1, -0.05) is 130 Å². The summed E-state index contributed by atoms with van der Waals surface area (Å²) in [5.74, 6) is -1.24. The van der Waals surface area contributed by atoms with Crippen LogP contribution in [0.25, 0.3) is 0 Å². The molecule has 348 valence electrons. The molecule has 2 atom stereocenters. The van der Waals surface area contributed by atoms with Gasteiger partial charge in [-0.25, -0.2) is 4.79 Å². The van der Waals surface area contributed by atoms with Gasteiger partial charge in [-0.3, -0.25) is 20.2 Å². The summed E-state index contributed by atoms with van der Waals surface area (Å²) in [5.41, 5.74) is 0.527. The number of non-ortho nitro benzene ring substituents is 2. The Hall–Kier alpha value is -3.65. The van der Waals surface area contributed by atoms with Crippen LogP contribution in [0.4, 0.5) is 16.2 Å². The lowest BCUT2D eigenvalue weighted by molar-refractivity contribution is -0.385. The Bertz CT molecular complexity index is 1510. The van der Waals surface area contributed by atoms with E-state index in [-0.39, 0.29) is 35.7 Å². The predicted octanol–water partition coefficient (Wildman–Crippen LogP) is 13.8. The van der Waals surface area contributed by atoms with Gasteiger partial charge >= 0.3 is 6.16 Å². The van der Waals surface area contributed by atoms with E-state index in [0.29, 0.717) is 24.3 Å². The van der Waals surface area contributed by atoms with Crippen LogP contribution in [-0.4, -0.2) is 53.0 Å². The standard InChI is InChI=1S/C49H76N2O11/c1-5-9-13-17-21-29-48(30-22-18-14-10-6-2)57-37-43(61-48)35-39-33-41(50(53)54)25-27-45(39)59-47(52)60-46-28-26-42(51(55)56)34-40(46)36-44-38-58-49(62-44,31-23-19-15-11-7-3)32-24-20-16-12-8-4/h25-28,33-34,43-44H,5-24,29-32,35-38H2,1-4H3. The number of rotatable bonds is 32. The molecule has 2 aromatic rings. The van der Waals surface area contributed by atoms with Gasteiger partial charge < -0.3 is 28.4 Å². The lowest BCUT2D eigenvalue weighted by atomic mass is 9.99. The van der Waals surface area contributed by atoms with Crippen LogP contribution in [0.1, 0.15) is 193 Å². The van der Waals surface area contributed by atoms with Crippen molar-refractivity contribution < 1.29 is 43.1 Å². The zero-order valence-corrected chi connectivity index (χ0v) is 38.3. The first-order valence-corrected chi connectivity index (χ1v) is 24.1. The summed E-state index contributed by atoms with van der Waals surface area (Å²) in [6, 6.07) is 8.15. The molecule has 2 aromatic carbocycles. The first-order valence-electron chi connectivity index (χ1n) is 24.1. The van der Waals surface area contributed by atoms with Gasteiger partial charge in [-0.2, -0.15) is 0 Å². The number of nitrogens with zero attached hydrogens (tertiary/aromatic N) is 2. The maximum absolute atomic E-state index is 13.6. The molecule has 0 bridgehead atoms. The van der Waals surface area contributed by atoms with E-state index >= 15 is 0 Å². The molecular weight excluding hydrogens is 793 g/mol. The topological polar surface area (TPSA) is 159 Å². The third kappa shape index (κ3) is 17.1. The number of nitro benzene ring substituents is 2. The maximum Gasteiger partial charge on any atom is 0.519 e. The quantitative estimate of drug-likeness (QED) is 0.0226. The summed E-state index contributed by atoms with van der Waals surface area (Å²) in [7, 11) is 0. The Morgan fingerprint density at radius 3 is 1.18 bits per heavy atom. The molecule has 0 radical (unpaired) electrons. The molecule has 4 rings (SSSR count). The number of hydrogen-bond donors (Lipinski definition) is 0. The highest BCUT2D eigenvalue weighted by atomic mass is 16.8. The smallest absolute Gasteiger partial charge is 0.394 e. The molecule has 0 N–H and O–H groups in total. The first kappa shape index (κ1) is 51.0. The van der Waals surface area contributed by atoms with Crippen molar-refractivity contribution >= 4 is 17.5 Å². The van der Waals surface area contributed by atoms with Crippen molar-refractivity contribution in [1.82, 2.24) is 0 Å². The summed E-state index contributed by atoms with van der Waals surface area (Å²) in [4.78, 5) is 36.3. The lowest BCUT2D eigenvalue weighted by Crippen LogP contribution is -2.31. The molecule has 0 amide bonds. The van der Waals surface area contributed by atoms with Gasteiger partial charge in [-0.05, 0) is 37.8 Å². The Kier molecular flexibility index (Phi) is 22.6. The molecule has 13 heteroatoms. The predicted molar refractivity (Wildman–Crippen MR) is 241 cm³/mol. The number of carbonyl (C=O) groups is 1. The van der Waals surface area contributed by atoms with E-state index in [9.17, 15) is 25.0 Å². The molecule has 62 heavy (non-hydrogen) atoms. The van der Waals surface area contributed by atoms with E-state index < -0.39 is 39.8 Å². The highest BCUT2D eigenvalue weighted by Gasteiger charge is 2.42. The molecule has 2 aliphatic rings. The van der Waals surface area contributed by atoms with E-state index in [1.165, 1.54) is 87.8 Å². The van der Waals surface area contributed by atoms with Gasteiger partial charge in [0.2, 0.25) is 0 Å². The third-order valence-corrected chi connectivity index (χ3v) is 12.3. The van der Waals surface area contributed by atoms with Crippen molar-refractivity contribution in [2.75, 3.05) is 13.2 Å². The SMILES string of the molecule is CCCCCCCC1(CCCCCCC)OCC(Cc2cc([N+](=O)[O-])ccc2OC(=O)Oc2ccc([N+](=O)[O-])cc2CC2COC(CCCCCCC)(CCCCCCC)O2)O1. The summed E-state index contributed by atoms with van der Waals surface area (Å²) >= 11 is 0. The third-order valence-electron chi connectivity index (χ3n) is 12.3. The van der Waals surface area contributed by atoms with Crippen LogP contribution in [0.3, 0.4) is 0 Å². The summed E-state index contributed by atoms with van der Waals surface area (Å²) in [6.07, 6.45) is 24.1. The Labute approximate surface area is 370 Å². The second-order valence-electron chi connectivity index (χ2n) is 17.5. The minimum Gasteiger partial charge on any atom is -0.394 e. The number of hydrogen-bond acceptors (Lipinski definition) is 11. The Morgan fingerprint density at radius 2 is 0.871 bits per heavy atom. The van der Waals surface area contributed by atoms with E-state index in [4.69, 9.17) is 28.4 Å². The minimum atomic E-state index is -1.08. The largest absolute Gasteiger partial charge is 0.519 e. The zero-order chi connectivity index (χ0) is 44.6. The van der Waals surface area contributed by atoms with Gasteiger partial charge in [0.15, 0.2) is 11.6 Å². The van der Waals surface area contributed by atoms with Crippen molar-refractivity contribution in [3.8, 4) is 11.5 Å². The number of benzene rings is 2. The number of nitro groups is 2. The van der Waals surface area contributed by atoms with Crippen molar-refractivity contribution in [1.29, 1.82) is 0 Å². The minimum absolute atomic E-state index is 0.0967. The molecule has 2 aliphatic heterocycles. The summed E-state index contributed by atoms with van der Waals surface area (Å²) in [5, 5.41) is 23.8. The van der Waals surface area contributed by atoms with Gasteiger partial charge in [0, 0.05) is 73.9 Å². The fourth-order valence-electron chi connectivity index (χ4n) is 8.77. The average Bonchev–Trinajstić information content (AvgIpc) is 3.85. The normalized spacial score (nSPS) is 17.9. The van der Waals surface area contributed by atoms with Crippen LogP contribution in [0.15, 0.2) is 36.4 Å². The van der Waals surface area contributed by atoms with E-state index in [1.807, 2.05) is 0 Å². The van der Waals surface area contributed by atoms with Crippen LogP contribution in [0.2, 0.25) is 0 Å². The number of unbranched alkanes of at least 4 members (excludes halogenated alkanes) is 16. The van der Waals surface area contributed by atoms with Gasteiger partial charge in [0.05, 0.1) is 35.3 Å². The fourth-order valence-corrected chi connectivity index (χ4v) is 8.77. The van der Waals surface area contributed by atoms with Gasteiger partial charge in [-0.15, -0.1) is 0 Å². The second-order valence-corrected chi connectivity index (χ2v) is 17.5. The van der Waals surface area contributed by atoms with Crippen molar-refractivity contribution in [2.24, 2.45) is 0 Å². The monoisotopic (exact) mass is 869 g/mol. The van der Waals surface area contributed by atoms with E-state index in [1.54, 1.807) is 0 Å². The molecule has 0 spiro atoms. The molecule has 0 saturated carbocycles. The number of carbonyl (C=O) groups excluding carboxylic acids is 1. The molecule has 0 aliphatic carbocycles. The van der Waals surface area contributed by atoms with Gasteiger partial charge in [0.25, 0.3) is 11.4 Å². The van der Waals surface area contributed by atoms with Crippen LogP contribution in [0, 0.1) is 20.2 Å². The zero-order valence-electron chi connectivity index (χ0n) is 38.3. The molecule has 13 nitrogen and oxygen atoms in total. The van der Waals surface area contributed by atoms with E-state index in [2.05, 4.69) is 27.7 Å². The highest BCUT2D eigenvalue weighted by Crippen LogP contribution is 2.39. The van der Waals surface area contributed by atoms with E-state index in [0.717, 1.165) is 103 Å². The summed E-state index contributed by atoms with van der Waals surface area (Å²) < 4.78 is 37.7. The van der Waals surface area contributed by atoms with Crippen LogP contribution >= 0.6 is 0 Å². The van der Waals surface area contributed by atoms with Crippen LogP contribution < -0.4 is 9.47 Å². The molecule has 0 aromatic heterocycles. The Balaban J connectivity index is 1.47. The molecular formula is C49H76N2O11. The average molecular weight is 869 g/mol. The molecule has 2 fully saturated rings. The molecule has 2 saturated heterocycles. The highest BCUT2D eigenvalue weighted by molar-refractivity contribution is 5.69.